The molecule has 0 bridgehead atoms. The van der Waals surface area contributed by atoms with E-state index in [0.717, 1.165) is 37.5 Å². The summed E-state index contributed by atoms with van der Waals surface area (Å²) in [6.45, 7) is 6.50. The summed E-state index contributed by atoms with van der Waals surface area (Å²) in [4.78, 5) is 12.8. The van der Waals surface area contributed by atoms with Gasteiger partial charge < -0.3 is 15.2 Å². The molecule has 2 amide bonds. The van der Waals surface area contributed by atoms with Crippen LogP contribution in [-0.2, 0) is 23.0 Å². The largest absolute Gasteiger partial charge is 0.328 e. The molecule has 0 saturated heterocycles. The Morgan fingerprint density at radius 1 is 1.16 bits per heavy atom. The van der Waals surface area contributed by atoms with Gasteiger partial charge in [0.1, 0.15) is 5.82 Å². The number of fused-ring (bicyclic) bond motifs is 1. The minimum atomic E-state index is -3.56. The van der Waals surface area contributed by atoms with Crippen molar-refractivity contribution in [1.82, 2.24) is 24.4 Å². The Hall–Kier alpha value is -2.46. The molecule has 3 rings (SSSR count). The number of nitrogens with zero attached hydrogens (tertiary/aromatic N) is 4. The summed E-state index contributed by atoms with van der Waals surface area (Å²) < 4.78 is 28.6. The zero-order valence-electron chi connectivity index (χ0n) is 18.6. The first kappa shape index (κ1) is 23.2. The maximum Gasteiger partial charge on any atom is 0.319 e. The van der Waals surface area contributed by atoms with Crippen molar-refractivity contribution < 1.29 is 13.2 Å². The maximum atomic E-state index is 12.6. The van der Waals surface area contributed by atoms with Crippen molar-refractivity contribution >= 4 is 21.7 Å². The molecular weight excluding hydrogens is 416 g/mol. The normalized spacial score (nSPS) is 15.4. The quantitative estimate of drug-likeness (QED) is 0.675. The number of aromatic nitrogens is 3. The van der Waals surface area contributed by atoms with Crippen LogP contribution in [0.25, 0.3) is 0 Å². The number of aryl methyl sites for hydroxylation is 1. The van der Waals surface area contributed by atoms with Crippen LogP contribution in [0.3, 0.4) is 0 Å². The fourth-order valence-electron chi connectivity index (χ4n) is 3.59. The lowest BCUT2D eigenvalue weighted by Gasteiger charge is -2.21. The summed E-state index contributed by atoms with van der Waals surface area (Å²) >= 11 is 0. The molecule has 2 heterocycles. The van der Waals surface area contributed by atoms with E-state index in [0.29, 0.717) is 12.1 Å². The Labute approximate surface area is 184 Å². The smallest absolute Gasteiger partial charge is 0.319 e. The molecule has 1 aliphatic rings. The van der Waals surface area contributed by atoms with Gasteiger partial charge in [-0.1, -0.05) is 13.3 Å². The van der Waals surface area contributed by atoms with Crippen LogP contribution in [0.15, 0.2) is 29.2 Å². The molecule has 1 aliphatic heterocycles. The van der Waals surface area contributed by atoms with Gasteiger partial charge in [-0.2, -0.15) is 4.31 Å². The van der Waals surface area contributed by atoms with Crippen molar-refractivity contribution in [2.45, 2.75) is 76.4 Å². The molecule has 0 unspecified atom stereocenters. The molecule has 0 saturated carbocycles. The third kappa shape index (κ3) is 5.24. The molecule has 0 radical (unpaired) electrons. The standard InChI is InChI=1S/C21H32N6O3S/c1-5-18(20-25-24-19-9-7-6-8-14-27(19)20)23-21(28)22-16-10-12-17(13-11-16)31(29,30)26(4)15(2)3/h10-13,15,18H,5-9,14H2,1-4H3,(H2,22,23,28)/t18-/m0/s1. The summed E-state index contributed by atoms with van der Waals surface area (Å²) in [6.07, 6.45) is 4.97. The van der Waals surface area contributed by atoms with Crippen LogP contribution in [0.5, 0.6) is 0 Å². The molecule has 0 fully saturated rings. The van der Waals surface area contributed by atoms with E-state index in [2.05, 4.69) is 25.4 Å². The van der Waals surface area contributed by atoms with E-state index in [4.69, 9.17) is 0 Å². The lowest BCUT2D eigenvalue weighted by molar-refractivity contribution is 0.247. The lowest BCUT2D eigenvalue weighted by atomic mass is 10.2. The summed E-state index contributed by atoms with van der Waals surface area (Å²) in [6, 6.07) is 5.41. The monoisotopic (exact) mass is 448 g/mol. The zero-order valence-corrected chi connectivity index (χ0v) is 19.4. The van der Waals surface area contributed by atoms with Crippen LogP contribution in [0.4, 0.5) is 10.5 Å². The Morgan fingerprint density at radius 3 is 2.52 bits per heavy atom. The van der Waals surface area contributed by atoms with Crippen LogP contribution in [0.2, 0.25) is 0 Å². The second-order valence-electron chi connectivity index (χ2n) is 8.14. The van der Waals surface area contributed by atoms with Crippen molar-refractivity contribution in [1.29, 1.82) is 0 Å². The minimum absolute atomic E-state index is 0.147. The Balaban J connectivity index is 1.67. The van der Waals surface area contributed by atoms with Crippen molar-refractivity contribution in [3.8, 4) is 0 Å². The van der Waals surface area contributed by atoms with Gasteiger partial charge in [0.2, 0.25) is 10.0 Å². The molecule has 10 heteroatoms. The zero-order chi connectivity index (χ0) is 22.6. The van der Waals surface area contributed by atoms with Gasteiger partial charge >= 0.3 is 6.03 Å². The highest BCUT2D eigenvalue weighted by atomic mass is 32.2. The fraction of sp³-hybridized carbons (Fsp3) is 0.571. The number of hydrogen-bond donors (Lipinski definition) is 2. The number of amides is 2. The third-order valence-corrected chi connectivity index (χ3v) is 7.73. The molecule has 2 aromatic rings. The average molecular weight is 449 g/mol. The highest BCUT2D eigenvalue weighted by molar-refractivity contribution is 7.89. The van der Waals surface area contributed by atoms with E-state index >= 15 is 0 Å². The molecule has 1 aromatic carbocycles. The van der Waals surface area contributed by atoms with Crippen LogP contribution < -0.4 is 10.6 Å². The van der Waals surface area contributed by atoms with Gasteiger partial charge in [0.05, 0.1) is 10.9 Å². The van der Waals surface area contributed by atoms with Crippen molar-refractivity contribution in [2.24, 2.45) is 0 Å². The highest BCUT2D eigenvalue weighted by Gasteiger charge is 2.24. The number of carbonyl (C=O) groups excluding carboxylic acids is 1. The molecule has 9 nitrogen and oxygen atoms in total. The summed E-state index contributed by atoms with van der Waals surface area (Å²) in [7, 11) is -2.01. The first-order valence-electron chi connectivity index (χ1n) is 10.8. The third-order valence-electron chi connectivity index (χ3n) is 5.68. The van der Waals surface area contributed by atoms with Gasteiger partial charge in [0, 0.05) is 31.7 Å². The molecule has 0 spiro atoms. The topological polar surface area (TPSA) is 109 Å². The number of nitrogens with one attached hydrogen (secondary N) is 2. The molecular formula is C21H32N6O3S. The highest BCUT2D eigenvalue weighted by Crippen LogP contribution is 2.22. The Bertz CT molecular complexity index is 1000. The predicted molar refractivity (Wildman–Crippen MR) is 119 cm³/mol. The molecule has 170 valence electrons. The van der Waals surface area contributed by atoms with Crippen LogP contribution in [-0.4, -0.2) is 46.6 Å². The van der Waals surface area contributed by atoms with Gasteiger partial charge in [-0.25, -0.2) is 13.2 Å². The Kier molecular flexibility index (Phi) is 7.32. The average Bonchev–Trinajstić information content (AvgIpc) is 2.99. The predicted octanol–water partition coefficient (Wildman–Crippen LogP) is 3.31. The first-order valence-corrected chi connectivity index (χ1v) is 12.3. The number of benzene rings is 1. The summed E-state index contributed by atoms with van der Waals surface area (Å²) in [5.74, 6) is 1.77. The minimum Gasteiger partial charge on any atom is -0.328 e. The number of hydrogen-bond acceptors (Lipinski definition) is 5. The van der Waals surface area contributed by atoms with Gasteiger partial charge in [0.25, 0.3) is 0 Å². The van der Waals surface area contributed by atoms with Gasteiger partial charge in [-0.3, -0.25) is 0 Å². The van der Waals surface area contributed by atoms with Gasteiger partial charge in [-0.05, 0) is 57.4 Å². The Morgan fingerprint density at radius 2 is 1.87 bits per heavy atom. The van der Waals surface area contributed by atoms with Crippen LogP contribution in [0, 0.1) is 0 Å². The molecule has 31 heavy (non-hydrogen) atoms. The van der Waals surface area contributed by atoms with E-state index in [1.807, 2.05) is 20.8 Å². The molecule has 1 atom stereocenters. The number of urea groups is 1. The number of anilines is 1. The van der Waals surface area contributed by atoms with Crippen molar-refractivity contribution in [3.05, 3.63) is 35.9 Å². The van der Waals surface area contributed by atoms with Crippen molar-refractivity contribution in [3.63, 3.8) is 0 Å². The second kappa shape index (κ2) is 9.78. The van der Waals surface area contributed by atoms with Crippen LogP contribution >= 0.6 is 0 Å². The maximum absolute atomic E-state index is 12.6. The van der Waals surface area contributed by atoms with Gasteiger partial charge in [0.15, 0.2) is 5.82 Å². The fourth-order valence-corrected chi connectivity index (χ4v) is 4.96. The SMILES string of the molecule is CC[C@H](NC(=O)Nc1ccc(S(=O)(=O)N(C)C(C)C)cc1)c1nnc2n1CCCCC2. The van der Waals surface area contributed by atoms with E-state index in [9.17, 15) is 13.2 Å². The molecule has 1 aromatic heterocycles. The van der Waals surface area contributed by atoms with Crippen LogP contribution in [0.1, 0.15) is 64.1 Å². The van der Waals surface area contributed by atoms with E-state index in [-0.39, 0.29) is 23.0 Å². The number of carbonyl (C=O) groups is 1. The molecule has 0 aliphatic carbocycles. The van der Waals surface area contributed by atoms with E-state index < -0.39 is 10.0 Å². The van der Waals surface area contributed by atoms with E-state index in [1.165, 1.54) is 22.9 Å². The van der Waals surface area contributed by atoms with E-state index in [1.54, 1.807) is 19.2 Å². The molecule has 2 N–H and O–H groups in total. The second-order valence-corrected chi connectivity index (χ2v) is 10.1. The summed E-state index contributed by atoms with van der Waals surface area (Å²) in [5, 5.41) is 14.4. The van der Waals surface area contributed by atoms with Gasteiger partial charge in [-0.15, -0.1) is 10.2 Å². The first-order chi connectivity index (χ1) is 14.7. The number of rotatable bonds is 7. The number of sulfonamides is 1. The lowest BCUT2D eigenvalue weighted by Crippen LogP contribution is -2.34. The van der Waals surface area contributed by atoms with Crippen molar-refractivity contribution in [2.75, 3.05) is 12.4 Å². The summed E-state index contributed by atoms with van der Waals surface area (Å²) in [5.41, 5.74) is 0.513.